The summed E-state index contributed by atoms with van der Waals surface area (Å²) in [4.78, 5) is 11.9. The molecule has 4 nitrogen and oxygen atoms in total. The Bertz CT molecular complexity index is 340. The summed E-state index contributed by atoms with van der Waals surface area (Å²) >= 11 is 0. The lowest BCUT2D eigenvalue weighted by Gasteiger charge is -2.13. The molecule has 1 aromatic rings. The average molecular weight is 237 g/mol. The van der Waals surface area contributed by atoms with Gasteiger partial charge in [0.05, 0.1) is 0 Å². The highest BCUT2D eigenvalue weighted by Gasteiger charge is 2.13. The van der Waals surface area contributed by atoms with Crippen molar-refractivity contribution < 1.29 is 4.79 Å². The molecule has 4 heteroatoms. The number of hydrogen-bond donors (Lipinski definition) is 1. The monoisotopic (exact) mass is 237 g/mol. The molecule has 17 heavy (non-hydrogen) atoms. The molecule has 2 N–H and O–H groups in total. The molecule has 1 atom stereocenters. The molecule has 0 aliphatic carbocycles. The first-order chi connectivity index (χ1) is 8.17. The van der Waals surface area contributed by atoms with Crippen LogP contribution in [0.4, 0.5) is 0 Å². The van der Waals surface area contributed by atoms with E-state index in [1.165, 1.54) is 0 Å². The second kappa shape index (κ2) is 7.22. The molecular formula is C13H23N3O. The molecule has 1 unspecified atom stereocenters. The fourth-order valence-electron chi connectivity index (χ4n) is 2.10. The van der Waals surface area contributed by atoms with Crippen LogP contribution in [0.2, 0.25) is 0 Å². The minimum absolute atomic E-state index is 0.142. The number of rotatable bonds is 8. The van der Waals surface area contributed by atoms with Crippen molar-refractivity contribution in [3.63, 3.8) is 0 Å². The number of aromatic nitrogens is 2. The van der Waals surface area contributed by atoms with Gasteiger partial charge in [0, 0.05) is 19.7 Å². The van der Waals surface area contributed by atoms with Crippen LogP contribution in [0.3, 0.4) is 0 Å². The topological polar surface area (TPSA) is 60.9 Å². The number of aryl methyl sites for hydroxylation is 1. The zero-order chi connectivity index (χ0) is 12.7. The third-order valence-electron chi connectivity index (χ3n) is 3.05. The van der Waals surface area contributed by atoms with Crippen LogP contribution < -0.4 is 5.73 Å². The van der Waals surface area contributed by atoms with Crippen molar-refractivity contribution in [1.82, 2.24) is 9.78 Å². The van der Waals surface area contributed by atoms with E-state index in [0.717, 1.165) is 25.7 Å². The Balaban J connectivity index is 2.40. The number of nitrogens with two attached hydrogens (primary N) is 1. The summed E-state index contributed by atoms with van der Waals surface area (Å²) in [6, 6.07) is 1.78. The second-order valence-corrected chi connectivity index (χ2v) is 4.57. The maximum atomic E-state index is 11.9. The summed E-state index contributed by atoms with van der Waals surface area (Å²) in [6.45, 7) is 2.88. The summed E-state index contributed by atoms with van der Waals surface area (Å²) < 4.78 is 1.66. The van der Waals surface area contributed by atoms with Crippen LogP contribution in [0.25, 0.3) is 0 Å². The summed E-state index contributed by atoms with van der Waals surface area (Å²) in [5.74, 6) is 0.724. The van der Waals surface area contributed by atoms with Crippen molar-refractivity contribution in [2.75, 3.05) is 6.54 Å². The molecule has 0 saturated carbocycles. The van der Waals surface area contributed by atoms with Crippen molar-refractivity contribution in [1.29, 1.82) is 0 Å². The van der Waals surface area contributed by atoms with Gasteiger partial charge in [-0.3, -0.25) is 9.48 Å². The highest BCUT2D eigenvalue weighted by atomic mass is 16.1. The molecule has 96 valence electrons. The number of carbonyl (C=O) groups excluding carboxylic acids is 1. The molecule has 0 aromatic carbocycles. The third-order valence-corrected chi connectivity index (χ3v) is 3.05. The molecule has 0 bridgehead atoms. The Morgan fingerprint density at radius 1 is 1.47 bits per heavy atom. The van der Waals surface area contributed by atoms with E-state index in [1.807, 2.05) is 7.05 Å². The largest absolute Gasteiger partial charge is 0.330 e. The maximum Gasteiger partial charge on any atom is 0.183 e. The summed E-state index contributed by atoms with van der Waals surface area (Å²) in [5.41, 5.74) is 6.16. The Morgan fingerprint density at radius 3 is 2.76 bits per heavy atom. The van der Waals surface area contributed by atoms with Gasteiger partial charge in [0.1, 0.15) is 5.69 Å². The smallest absolute Gasteiger partial charge is 0.183 e. The van der Waals surface area contributed by atoms with E-state index in [9.17, 15) is 4.79 Å². The fourth-order valence-corrected chi connectivity index (χ4v) is 2.10. The van der Waals surface area contributed by atoms with Crippen molar-refractivity contribution in [3.05, 3.63) is 18.0 Å². The van der Waals surface area contributed by atoms with Gasteiger partial charge in [-0.25, -0.2) is 0 Å². The zero-order valence-electron chi connectivity index (χ0n) is 10.9. The van der Waals surface area contributed by atoms with Crippen LogP contribution in [0.5, 0.6) is 0 Å². The number of carbonyl (C=O) groups is 1. The van der Waals surface area contributed by atoms with Gasteiger partial charge in [-0.2, -0.15) is 5.10 Å². The molecule has 1 aromatic heterocycles. The van der Waals surface area contributed by atoms with Crippen molar-refractivity contribution in [2.45, 2.75) is 39.0 Å². The highest BCUT2D eigenvalue weighted by molar-refractivity contribution is 5.94. The Morgan fingerprint density at radius 2 is 2.24 bits per heavy atom. The lowest BCUT2D eigenvalue weighted by Crippen LogP contribution is -2.11. The van der Waals surface area contributed by atoms with Gasteiger partial charge in [0.25, 0.3) is 0 Å². The molecule has 1 rings (SSSR count). The normalized spacial score (nSPS) is 12.6. The van der Waals surface area contributed by atoms with Crippen LogP contribution in [0.15, 0.2) is 12.3 Å². The standard InChI is InChI=1S/C13H23N3O/c1-3-4-11(7-9-14)5-6-13(17)12-8-10-16(2)15-12/h8,10-11H,3-7,9,14H2,1-2H3. The van der Waals surface area contributed by atoms with E-state index in [2.05, 4.69) is 12.0 Å². The zero-order valence-corrected chi connectivity index (χ0v) is 10.9. The van der Waals surface area contributed by atoms with Gasteiger partial charge in [0.2, 0.25) is 0 Å². The number of Topliss-reactive ketones (excluding diaryl/α,β-unsaturated/α-hetero) is 1. The number of ketones is 1. The van der Waals surface area contributed by atoms with Crippen LogP contribution in [-0.4, -0.2) is 22.1 Å². The predicted molar refractivity (Wildman–Crippen MR) is 68.8 cm³/mol. The van der Waals surface area contributed by atoms with Crippen molar-refractivity contribution in [3.8, 4) is 0 Å². The maximum absolute atomic E-state index is 11.9. The van der Waals surface area contributed by atoms with E-state index in [4.69, 9.17) is 5.73 Å². The minimum Gasteiger partial charge on any atom is -0.330 e. The van der Waals surface area contributed by atoms with Gasteiger partial charge < -0.3 is 5.73 Å². The van der Waals surface area contributed by atoms with Gasteiger partial charge in [-0.05, 0) is 31.4 Å². The number of nitrogens with zero attached hydrogens (tertiary/aromatic N) is 2. The van der Waals surface area contributed by atoms with Crippen LogP contribution in [-0.2, 0) is 7.05 Å². The third kappa shape index (κ3) is 4.69. The van der Waals surface area contributed by atoms with E-state index in [0.29, 0.717) is 24.6 Å². The first-order valence-corrected chi connectivity index (χ1v) is 6.40. The van der Waals surface area contributed by atoms with Gasteiger partial charge in [-0.1, -0.05) is 19.8 Å². The lowest BCUT2D eigenvalue weighted by molar-refractivity contribution is 0.0966. The minimum atomic E-state index is 0.142. The lowest BCUT2D eigenvalue weighted by atomic mass is 9.93. The van der Waals surface area contributed by atoms with Crippen molar-refractivity contribution >= 4 is 5.78 Å². The van der Waals surface area contributed by atoms with E-state index in [1.54, 1.807) is 16.9 Å². The molecule has 0 fully saturated rings. The molecule has 0 spiro atoms. The molecular weight excluding hydrogens is 214 g/mol. The summed E-state index contributed by atoms with van der Waals surface area (Å²) in [6.07, 6.45) is 6.65. The summed E-state index contributed by atoms with van der Waals surface area (Å²) in [7, 11) is 1.82. The van der Waals surface area contributed by atoms with Gasteiger partial charge in [-0.15, -0.1) is 0 Å². The van der Waals surface area contributed by atoms with Gasteiger partial charge in [0.15, 0.2) is 5.78 Å². The summed E-state index contributed by atoms with van der Waals surface area (Å²) in [5, 5.41) is 4.12. The van der Waals surface area contributed by atoms with E-state index < -0.39 is 0 Å². The second-order valence-electron chi connectivity index (χ2n) is 4.57. The Hall–Kier alpha value is -1.16. The fraction of sp³-hybridized carbons (Fsp3) is 0.692. The van der Waals surface area contributed by atoms with Crippen LogP contribution >= 0.6 is 0 Å². The van der Waals surface area contributed by atoms with Gasteiger partial charge >= 0.3 is 0 Å². The van der Waals surface area contributed by atoms with Crippen molar-refractivity contribution in [2.24, 2.45) is 18.7 Å². The molecule has 0 amide bonds. The molecule has 0 aliphatic rings. The molecule has 0 saturated heterocycles. The van der Waals surface area contributed by atoms with Crippen LogP contribution in [0.1, 0.15) is 49.5 Å². The average Bonchev–Trinajstić information content (AvgIpc) is 2.73. The van der Waals surface area contributed by atoms with E-state index in [-0.39, 0.29) is 5.78 Å². The quantitative estimate of drug-likeness (QED) is 0.705. The SMILES string of the molecule is CCCC(CCN)CCC(=O)c1ccn(C)n1. The Labute approximate surface area is 103 Å². The number of hydrogen-bond acceptors (Lipinski definition) is 3. The molecule has 0 radical (unpaired) electrons. The first kappa shape index (κ1) is 13.9. The first-order valence-electron chi connectivity index (χ1n) is 6.40. The predicted octanol–water partition coefficient (Wildman–Crippen LogP) is 2.15. The highest BCUT2D eigenvalue weighted by Crippen LogP contribution is 2.18. The Kier molecular flexibility index (Phi) is 5.91. The molecule has 1 heterocycles. The van der Waals surface area contributed by atoms with Crippen LogP contribution in [0, 0.1) is 5.92 Å². The van der Waals surface area contributed by atoms with E-state index >= 15 is 0 Å². The molecule has 0 aliphatic heterocycles.